The highest BCUT2D eigenvalue weighted by molar-refractivity contribution is 8.26. The summed E-state index contributed by atoms with van der Waals surface area (Å²) < 4.78 is 5.71. The Bertz CT molecular complexity index is 892. The van der Waals surface area contributed by atoms with E-state index < -0.39 is 0 Å². The van der Waals surface area contributed by atoms with Gasteiger partial charge in [0.05, 0.1) is 12.0 Å². The summed E-state index contributed by atoms with van der Waals surface area (Å²) in [4.78, 5) is 28.0. The van der Waals surface area contributed by atoms with Gasteiger partial charge in [0.15, 0.2) is 0 Å². The molecule has 0 unspecified atom stereocenters. The molecule has 0 aliphatic carbocycles. The monoisotopic (exact) mass is 446 g/mol. The minimum Gasteiger partial charge on any atom is -0.497 e. The van der Waals surface area contributed by atoms with E-state index in [1.807, 2.05) is 47.9 Å². The maximum atomic E-state index is 12.5. The highest BCUT2D eigenvalue weighted by Gasteiger charge is 2.31. The maximum absolute atomic E-state index is 12.5. The van der Waals surface area contributed by atoms with E-state index in [-0.39, 0.29) is 11.8 Å². The van der Waals surface area contributed by atoms with Crippen LogP contribution in [0.25, 0.3) is 6.08 Å². The minimum absolute atomic E-state index is 0.0142. The van der Waals surface area contributed by atoms with Crippen molar-refractivity contribution in [2.24, 2.45) is 0 Å². The Hall–Kier alpha value is -2.16. The van der Waals surface area contributed by atoms with Crippen LogP contribution >= 0.6 is 35.3 Å². The molecule has 2 amide bonds. The Balaban J connectivity index is 1.37. The van der Waals surface area contributed by atoms with Crippen LogP contribution in [0.5, 0.6) is 5.75 Å². The van der Waals surface area contributed by atoms with E-state index in [0.29, 0.717) is 22.2 Å². The van der Waals surface area contributed by atoms with Gasteiger partial charge in [-0.25, -0.2) is 0 Å². The van der Waals surface area contributed by atoms with Gasteiger partial charge in [0, 0.05) is 23.5 Å². The highest BCUT2D eigenvalue weighted by Crippen LogP contribution is 2.33. The molecule has 152 valence electrons. The molecule has 8 heteroatoms. The molecule has 1 aliphatic rings. The number of methoxy groups -OCH3 is 1. The number of amides is 2. The lowest BCUT2D eigenvalue weighted by Gasteiger charge is -2.14. The molecular formula is C21H22N2O3S3. The topological polar surface area (TPSA) is 58.6 Å². The van der Waals surface area contributed by atoms with Crippen LogP contribution < -0.4 is 10.1 Å². The number of anilines is 1. The summed E-state index contributed by atoms with van der Waals surface area (Å²) in [7, 11) is 1.61. The molecule has 1 aromatic carbocycles. The summed E-state index contributed by atoms with van der Waals surface area (Å²) in [6.45, 7) is 0.590. The molecular weight excluding hydrogens is 424 g/mol. The average molecular weight is 447 g/mol. The second-order valence-electron chi connectivity index (χ2n) is 6.44. The van der Waals surface area contributed by atoms with Crippen molar-refractivity contribution in [3.05, 3.63) is 51.6 Å². The Morgan fingerprint density at radius 1 is 1.21 bits per heavy atom. The Kier molecular flexibility index (Phi) is 7.85. The molecule has 2 aromatic rings. The van der Waals surface area contributed by atoms with Crippen LogP contribution in [0, 0.1) is 0 Å². The third kappa shape index (κ3) is 6.16. The van der Waals surface area contributed by atoms with E-state index in [1.54, 1.807) is 23.3 Å². The molecule has 1 saturated heterocycles. The number of thioether (sulfide) groups is 1. The van der Waals surface area contributed by atoms with Crippen LogP contribution in [0.15, 0.2) is 46.7 Å². The van der Waals surface area contributed by atoms with Crippen molar-refractivity contribution in [1.82, 2.24) is 4.90 Å². The maximum Gasteiger partial charge on any atom is 0.266 e. The summed E-state index contributed by atoms with van der Waals surface area (Å²) in [6.07, 6.45) is 4.78. The number of unbranched alkanes of at least 4 members (excludes halogenated alkanes) is 2. The van der Waals surface area contributed by atoms with Crippen LogP contribution in [0.1, 0.15) is 30.6 Å². The molecule has 2 heterocycles. The fraction of sp³-hybridized carbons (Fsp3) is 0.286. The number of hydrogen-bond donors (Lipinski definition) is 1. The second-order valence-corrected chi connectivity index (χ2v) is 9.09. The lowest BCUT2D eigenvalue weighted by molar-refractivity contribution is -0.122. The standard InChI is InChI=1S/C21H22N2O3S3/c1-26-16-10-8-15(9-11-16)22-19(24)7-3-2-4-12-23-20(25)18(29-21(23)27)14-17-6-5-13-28-17/h5-6,8-11,13-14H,2-4,7,12H2,1H3,(H,22,24)/b18-14-. The molecule has 29 heavy (non-hydrogen) atoms. The molecule has 0 atom stereocenters. The predicted molar refractivity (Wildman–Crippen MR) is 124 cm³/mol. The second kappa shape index (κ2) is 10.6. The first-order valence-corrected chi connectivity index (χ1v) is 11.4. The lowest BCUT2D eigenvalue weighted by Crippen LogP contribution is -2.29. The van der Waals surface area contributed by atoms with Crippen LogP contribution in [0.4, 0.5) is 5.69 Å². The normalized spacial score (nSPS) is 15.2. The first-order chi connectivity index (χ1) is 14.1. The summed E-state index contributed by atoms with van der Waals surface area (Å²) >= 11 is 8.31. The SMILES string of the molecule is COc1ccc(NC(=O)CCCCCN2C(=O)/C(=C/c3cccs3)SC2=S)cc1. The molecule has 0 radical (unpaired) electrons. The fourth-order valence-electron chi connectivity index (χ4n) is 2.83. The van der Waals surface area contributed by atoms with Crippen LogP contribution in [0.2, 0.25) is 0 Å². The van der Waals surface area contributed by atoms with Gasteiger partial charge in [-0.1, -0.05) is 36.5 Å². The third-order valence-corrected chi connectivity index (χ3v) is 6.55. The van der Waals surface area contributed by atoms with Gasteiger partial charge in [-0.15, -0.1) is 11.3 Å². The van der Waals surface area contributed by atoms with Gasteiger partial charge >= 0.3 is 0 Å². The van der Waals surface area contributed by atoms with E-state index in [1.165, 1.54) is 11.8 Å². The number of nitrogens with one attached hydrogen (secondary N) is 1. The molecule has 0 bridgehead atoms. The number of hydrogen-bond acceptors (Lipinski definition) is 6. The van der Waals surface area contributed by atoms with Gasteiger partial charge in [0.25, 0.3) is 5.91 Å². The molecule has 0 spiro atoms. The zero-order valence-electron chi connectivity index (χ0n) is 16.1. The number of carbonyl (C=O) groups excluding carboxylic acids is 2. The van der Waals surface area contributed by atoms with E-state index in [2.05, 4.69) is 5.32 Å². The largest absolute Gasteiger partial charge is 0.497 e. The van der Waals surface area contributed by atoms with Crippen molar-refractivity contribution in [3.8, 4) is 5.75 Å². The molecule has 1 N–H and O–H groups in total. The first-order valence-electron chi connectivity index (χ1n) is 9.29. The van der Waals surface area contributed by atoms with Crippen molar-refractivity contribution >= 4 is 63.2 Å². The number of ether oxygens (including phenoxy) is 1. The zero-order valence-corrected chi connectivity index (χ0v) is 18.5. The summed E-state index contributed by atoms with van der Waals surface area (Å²) in [5.74, 6) is 0.717. The minimum atomic E-state index is -0.0225. The van der Waals surface area contributed by atoms with E-state index in [4.69, 9.17) is 17.0 Å². The van der Waals surface area contributed by atoms with E-state index in [0.717, 1.165) is 35.6 Å². The van der Waals surface area contributed by atoms with Gasteiger partial charge in [0.2, 0.25) is 5.91 Å². The summed E-state index contributed by atoms with van der Waals surface area (Å²) in [5.41, 5.74) is 0.755. The Morgan fingerprint density at radius 3 is 2.69 bits per heavy atom. The van der Waals surface area contributed by atoms with Gasteiger partial charge in [-0.2, -0.15) is 0 Å². The number of thiocarbonyl (C=S) groups is 1. The van der Waals surface area contributed by atoms with E-state index >= 15 is 0 Å². The number of carbonyl (C=O) groups is 2. The van der Waals surface area contributed by atoms with Crippen molar-refractivity contribution in [2.45, 2.75) is 25.7 Å². The lowest BCUT2D eigenvalue weighted by atomic mass is 10.1. The number of rotatable bonds is 9. The summed E-state index contributed by atoms with van der Waals surface area (Å²) in [5, 5.41) is 4.86. The fourth-order valence-corrected chi connectivity index (χ4v) is 4.86. The van der Waals surface area contributed by atoms with Crippen LogP contribution in [-0.2, 0) is 9.59 Å². The van der Waals surface area contributed by atoms with Crippen LogP contribution in [0.3, 0.4) is 0 Å². The zero-order chi connectivity index (χ0) is 20.6. The molecule has 1 aliphatic heterocycles. The van der Waals surface area contributed by atoms with Crippen molar-refractivity contribution in [3.63, 3.8) is 0 Å². The Labute approximate surface area is 184 Å². The Morgan fingerprint density at radius 2 is 2.00 bits per heavy atom. The predicted octanol–water partition coefficient (Wildman–Crippen LogP) is 5.16. The average Bonchev–Trinajstić information content (AvgIpc) is 3.32. The molecule has 1 aromatic heterocycles. The van der Waals surface area contributed by atoms with Crippen LogP contribution in [-0.4, -0.2) is 34.7 Å². The number of benzene rings is 1. The first kappa shape index (κ1) is 21.5. The quantitative estimate of drug-likeness (QED) is 0.328. The van der Waals surface area contributed by atoms with Gasteiger partial charge in [0.1, 0.15) is 10.1 Å². The number of thiophene rings is 1. The summed E-state index contributed by atoms with van der Waals surface area (Å²) in [6, 6.07) is 11.2. The molecule has 1 fully saturated rings. The smallest absolute Gasteiger partial charge is 0.266 e. The van der Waals surface area contributed by atoms with E-state index in [9.17, 15) is 9.59 Å². The highest BCUT2D eigenvalue weighted by atomic mass is 32.2. The van der Waals surface area contributed by atoms with Crippen molar-refractivity contribution in [1.29, 1.82) is 0 Å². The van der Waals surface area contributed by atoms with Crippen molar-refractivity contribution in [2.75, 3.05) is 19.0 Å². The van der Waals surface area contributed by atoms with Crippen molar-refractivity contribution < 1.29 is 14.3 Å². The number of nitrogens with zero attached hydrogens (tertiary/aromatic N) is 1. The van der Waals surface area contributed by atoms with Gasteiger partial charge < -0.3 is 10.1 Å². The van der Waals surface area contributed by atoms with Gasteiger partial charge in [-0.05, 0) is 54.6 Å². The molecule has 5 nitrogen and oxygen atoms in total. The third-order valence-electron chi connectivity index (χ3n) is 4.35. The molecule has 3 rings (SSSR count). The van der Waals surface area contributed by atoms with Gasteiger partial charge in [-0.3, -0.25) is 14.5 Å². The molecule has 0 saturated carbocycles.